The summed E-state index contributed by atoms with van der Waals surface area (Å²) in [5.74, 6) is 0.514. The smallest absolute Gasteiger partial charge is 0.232 e. The molecule has 3 aromatic carbocycles. The van der Waals surface area contributed by atoms with Crippen molar-refractivity contribution in [1.82, 2.24) is 4.90 Å². The van der Waals surface area contributed by atoms with Crippen molar-refractivity contribution in [3.8, 4) is 5.75 Å². The lowest BCUT2D eigenvalue weighted by Gasteiger charge is -2.32. The molecule has 1 amide bonds. The maximum atomic E-state index is 12.9. The second kappa shape index (κ2) is 9.98. The Balaban J connectivity index is 1.41. The van der Waals surface area contributed by atoms with Gasteiger partial charge in [-0.25, -0.2) is 0 Å². The molecule has 32 heavy (non-hydrogen) atoms. The van der Waals surface area contributed by atoms with E-state index in [0.717, 1.165) is 48.4 Å². The Kier molecular flexibility index (Phi) is 6.88. The lowest BCUT2D eigenvalue weighted by molar-refractivity contribution is -0.194. The summed E-state index contributed by atoms with van der Waals surface area (Å²) in [7, 11) is 2.12. The number of carbonyl (C=O) groups excluding carboxylic acids is 1. The molecule has 3 aromatic rings. The van der Waals surface area contributed by atoms with E-state index < -0.39 is 5.41 Å². The van der Waals surface area contributed by atoms with Crippen LogP contribution in [0.2, 0.25) is 0 Å². The number of fused-ring (bicyclic) bond motifs is 1. The molecule has 0 bridgehead atoms. The SMILES string of the molecule is CN(CCCC(C(N)=O)(c1ccccc1)c1ccccc1)CCc1ccc2c(c1)OOC2. The zero-order valence-electron chi connectivity index (χ0n) is 18.5. The van der Waals surface area contributed by atoms with Gasteiger partial charge in [0, 0.05) is 12.1 Å². The average molecular weight is 431 g/mol. The number of nitrogens with zero attached hydrogens (tertiary/aromatic N) is 1. The molecule has 0 aliphatic carbocycles. The normalized spacial score (nSPS) is 13.1. The highest BCUT2D eigenvalue weighted by atomic mass is 17.2. The molecule has 0 atom stereocenters. The van der Waals surface area contributed by atoms with Crippen LogP contribution in [-0.2, 0) is 28.1 Å². The summed E-state index contributed by atoms with van der Waals surface area (Å²) in [6, 6.07) is 26.0. The van der Waals surface area contributed by atoms with Gasteiger partial charge in [-0.05, 0) is 55.6 Å². The maximum absolute atomic E-state index is 12.9. The zero-order chi connectivity index (χ0) is 22.4. The first-order valence-corrected chi connectivity index (χ1v) is 11.1. The lowest BCUT2D eigenvalue weighted by Crippen LogP contribution is -2.43. The zero-order valence-corrected chi connectivity index (χ0v) is 18.5. The van der Waals surface area contributed by atoms with Crippen LogP contribution >= 0.6 is 0 Å². The van der Waals surface area contributed by atoms with Gasteiger partial charge in [0.15, 0.2) is 5.75 Å². The second-order valence-corrected chi connectivity index (χ2v) is 8.45. The van der Waals surface area contributed by atoms with E-state index in [0.29, 0.717) is 13.0 Å². The molecule has 5 heteroatoms. The van der Waals surface area contributed by atoms with Gasteiger partial charge in [-0.2, -0.15) is 4.89 Å². The fourth-order valence-electron chi connectivity index (χ4n) is 4.46. The predicted octanol–water partition coefficient (Wildman–Crippen LogP) is 4.24. The van der Waals surface area contributed by atoms with E-state index in [9.17, 15) is 4.79 Å². The van der Waals surface area contributed by atoms with E-state index in [1.807, 2.05) is 60.7 Å². The molecular weight excluding hydrogens is 400 g/mol. The van der Waals surface area contributed by atoms with Gasteiger partial charge in [0.25, 0.3) is 0 Å². The van der Waals surface area contributed by atoms with Crippen LogP contribution in [0.5, 0.6) is 5.75 Å². The number of rotatable bonds is 10. The highest BCUT2D eigenvalue weighted by Gasteiger charge is 2.39. The van der Waals surface area contributed by atoms with Crippen LogP contribution in [0.4, 0.5) is 0 Å². The third kappa shape index (κ3) is 4.69. The van der Waals surface area contributed by atoms with Crippen LogP contribution in [0.25, 0.3) is 0 Å². The molecule has 0 aromatic heterocycles. The largest absolute Gasteiger partial charge is 0.369 e. The van der Waals surface area contributed by atoms with Crippen LogP contribution < -0.4 is 10.6 Å². The van der Waals surface area contributed by atoms with Crippen LogP contribution in [0, 0.1) is 0 Å². The standard InChI is InChI=1S/C27H30N2O3/c1-29(18-15-21-13-14-22-20-31-32-25(22)19-21)17-8-16-27(26(28)30,23-9-4-2-5-10-23)24-11-6-3-7-12-24/h2-7,9-14,19H,8,15-18,20H2,1H3,(H2,28,30). The molecule has 0 spiro atoms. The Labute approximate surface area is 189 Å². The van der Waals surface area contributed by atoms with Crippen molar-refractivity contribution in [2.24, 2.45) is 5.73 Å². The molecule has 0 unspecified atom stereocenters. The van der Waals surface area contributed by atoms with Gasteiger partial charge in [0.2, 0.25) is 5.91 Å². The van der Waals surface area contributed by atoms with Crippen molar-refractivity contribution in [3.05, 3.63) is 101 Å². The second-order valence-electron chi connectivity index (χ2n) is 8.45. The van der Waals surface area contributed by atoms with E-state index >= 15 is 0 Å². The number of nitrogens with two attached hydrogens (primary N) is 1. The summed E-state index contributed by atoms with van der Waals surface area (Å²) in [4.78, 5) is 25.4. The number of carbonyl (C=O) groups is 1. The fraction of sp³-hybridized carbons (Fsp3) is 0.296. The minimum absolute atomic E-state index is 0.307. The van der Waals surface area contributed by atoms with Crippen molar-refractivity contribution in [3.63, 3.8) is 0 Å². The summed E-state index contributed by atoms with van der Waals surface area (Å²) in [6.07, 6.45) is 2.43. The topological polar surface area (TPSA) is 64.8 Å². The van der Waals surface area contributed by atoms with Crippen molar-refractivity contribution >= 4 is 5.91 Å². The summed E-state index contributed by atoms with van der Waals surface area (Å²) in [6.45, 7) is 2.30. The van der Waals surface area contributed by atoms with Crippen LogP contribution in [0.15, 0.2) is 78.9 Å². The van der Waals surface area contributed by atoms with Crippen LogP contribution in [-0.4, -0.2) is 30.9 Å². The monoisotopic (exact) mass is 430 g/mol. The minimum Gasteiger partial charge on any atom is -0.369 e. The Bertz CT molecular complexity index is 998. The number of hydrogen-bond acceptors (Lipinski definition) is 4. The van der Waals surface area contributed by atoms with E-state index in [2.05, 4.69) is 30.1 Å². The number of likely N-dealkylation sites (N-methyl/N-ethyl adjacent to an activating group) is 1. The van der Waals surface area contributed by atoms with E-state index in [4.69, 9.17) is 15.5 Å². The summed E-state index contributed by atoms with van der Waals surface area (Å²) in [5, 5.41) is 0. The number of hydrogen-bond donors (Lipinski definition) is 1. The molecule has 0 saturated heterocycles. The Hall–Kier alpha value is -3.15. The molecule has 0 saturated carbocycles. The number of benzene rings is 3. The van der Waals surface area contributed by atoms with Gasteiger partial charge >= 0.3 is 0 Å². The molecule has 5 nitrogen and oxygen atoms in total. The quantitative estimate of drug-likeness (QED) is 0.489. The van der Waals surface area contributed by atoms with Crippen molar-refractivity contribution in [2.45, 2.75) is 31.3 Å². The van der Waals surface area contributed by atoms with E-state index in [-0.39, 0.29) is 5.91 Å². The van der Waals surface area contributed by atoms with E-state index in [1.54, 1.807) is 0 Å². The maximum Gasteiger partial charge on any atom is 0.232 e. The molecule has 0 radical (unpaired) electrons. The van der Waals surface area contributed by atoms with Crippen LogP contribution in [0.3, 0.4) is 0 Å². The van der Waals surface area contributed by atoms with E-state index in [1.165, 1.54) is 5.56 Å². The Morgan fingerprint density at radius 2 is 1.62 bits per heavy atom. The lowest BCUT2D eigenvalue weighted by atomic mass is 9.70. The van der Waals surface area contributed by atoms with Gasteiger partial charge < -0.3 is 15.5 Å². The van der Waals surface area contributed by atoms with Crippen LogP contribution in [0.1, 0.15) is 35.1 Å². The van der Waals surface area contributed by atoms with Crippen molar-refractivity contribution in [1.29, 1.82) is 0 Å². The molecule has 0 fully saturated rings. The molecule has 2 N–H and O–H groups in total. The van der Waals surface area contributed by atoms with Gasteiger partial charge in [-0.15, -0.1) is 0 Å². The first-order valence-electron chi connectivity index (χ1n) is 11.1. The fourth-order valence-corrected chi connectivity index (χ4v) is 4.46. The van der Waals surface area contributed by atoms with Gasteiger partial charge in [-0.1, -0.05) is 72.8 Å². The van der Waals surface area contributed by atoms with Gasteiger partial charge in [0.1, 0.15) is 6.61 Å². The molecule has 1 aliphatic rings. The third-order valence-electron chi connectivity index (χ3n) is 6.32. The summed E-state index contributed by atoms with van der Waals surface area (Å²) >= 11 is 0. The third-order valence-corrected chi connectivity index (χ3v) is 6.32. The average Bonchev–Trinajstić information content (AvgIpc) is 3.29. The Morgan fingerprint density at radius 3 is 2.25 bits per heavy atom. The first-order chi connectivity index (χ1) is 15.6. The van der Waals surface area contributed by atoms with Gasteiger partial charge in [0.05, 0.1) is 5.41 Å². The van der Waals surface area contributed by atoms with Crippen molar-refractivity contribution in [2.75, 3.05) is 20.1 Å². The summed E-state index contributed by atoms with van der Waals surface area (Å²) < 4.78 is 0. The van der Waals surface area contributed by atoms with Crippen molar-refractivity contribution < 1.29 is 14.6 Å². The molecule has 4 rings (SSSR count). The number of amides is 1. The highest BCUT2D eigenvalue weighted by Crippen LogP contribution is 2.36. The molecule has 1 heterocycles. The Morgan fingerprint density at radius 1 is 0.969 bits per heavy atom. The highest BCUT2D eigenvalue weighted by molar-refractivity contribution is 5.90. The predicted molar refractivity (Wildman–Crippen MR) is 125 cm³/mol. The number of primary amides is 1. The molecular formula is C27H30N2O3. The summed E-state index contributed by atoms with van der Waals surface area (Å²) in [5.41, 5.74) is 9.43. The minimum atomic E-state index is -0.833. The molecule has 1 aliphatic heterocycles. The first kappa shape index (κ1) is 22.1. The molecule has 166 valence electrons. The van der Waals surface area contributed by atoms with Gasteiger partial charge in [-0.3, -0.25) is 4.79 Å².